The lowest BCUT2D eigenvalue weighted by Gasteiger charge is -2.27. The molecule has 0 atom stereocenters. The van der Waals surface area contributed by atoms with Crippen molar-refractivity contribution >= 4 is 21.9 Å². The van der Waals surface area contributed by atoms with Crippen molar-refractivity contribution in [2.45, 2.75) is 44.3 Å². The fraction of sp³-hybridized carbons (Fsp3) is 0.318. The molecule has 3 aromatic heterocycles. The standard InChI is InChI=1S/C22H20F3N3/c23-22(24,25)16-6-4-5-14(11-16)19-12-15-13-27-21-18(9-10-26-21)20(15)28(19)17-7-2-1-3-8-17/h4-6,9-13,17H,1-3,7-8H2,(H,26,27). The Kier molecular flexibility index (Phi) is 3.96. The smallest absolute Gasteiger partial charge is 0.346 e. The fourth-order valence-electron chi connectivity index (χ4n) is 4.52. The Bertz CT molecular complexity index is 1150. The third-order valence-corrected chi connectivity index (χ3v) is 5.80. The number of pyridine rings is 1. The van der Waals surface area contributed by atoms with Crippen LogP contribution in [0.4, 0.5) is 13.2 Å². The van der Waals surface area contributed by atoms with Gasteiger partial charge in [0.25, 0.3) is 0 Å². The number of nitrogens with zero attached hydrogens (tertiary/aromatic N) is 2. The monoisotopic (exact) mass is 383 g/mol. The number of H-pyrrole nitrogens is 1. The molecule has 1 fully saturated rings. The van der Waals surface area contributed by atoms with Crippen LogP contribution in [0.5, 0.6) is 0 Å². The number of hydrogen-bond acceptors (Lipinski definition) is 1. The molecule has 1 aliphatic carbocycles. The number of hydrogen-bond donors (Lipinski definition) is 1. The van der Waals surface area contributed by atoms with Gasteiger partial charge in [-0.2, -0.15) is 13.2 Å². The number of aromatic amines is 1. The highest BCUT2D eigenvalue weighted by Gasteiger charge is 2.31. The zero-order valence-electron chi connectivity index (χ0n) is 15.3. The summed E-state index contributed by atoms with van der Waals surface area (Å²) in [5.74, 6) is 0. The van der Waals surface area contributed by atoms with Gasteiger partial charge in [0.1, 0.15) is 5.65 Å². The highest BCUT2D eigenvalue weighted by atomic mass is 19.4. The number of alkyl halides is 3. The van der Waals surface area contributed by atoms with Crippen molar-refractivity contribution in [3.8, 4) is 11.3 Å². The van der Waals surface area contributed by atoms with Gasteiger partial charge in [-0.15, -0.1) is 0 Å². The molecule has 0 spiro atoms. The molecular formula is C22H20F3N3. The van der Waals surface area contributed by atoms with Crippen LogP contribution in [0.15, 0.2) is 48.8 Å². The Morgan fingerprint density at radius 2 is 1.86 bits per heavy atom. The van der Waals surface area contributed by atoms with Gasteiger partial charge in [-0.25, -0.2) is 4.98 Å². The van der Waals surface area contributed by atoms with E-state index in [1.54, 1.807) is 6.07 Å². The minimum Gasteiger partial charge on any atom is -0.346 e. The van der Waals surface area contributed by atoms with Crippen LogP contribution in [-0.2, 0) is 6.18 Å². The Hall–Kier alpha value is -2.76. The number of nitrogens with one attached hydrogen (secondary N) is 1. The maximum Gasteiger partial charge on any atom is 0.416 e. The van der Waals surface area contributed by atoms with Crippen LogP contribution in [0.2, 0.25) is 0 Å². The van der Waals surface area contributed by atoms with Crippen LogP contribution in [0, 0.1) is 0 Å². The van der Waals surface area contributed by atoms with Gasteiger partial charge in [-0.05, 0) is 42.7 Å². The minimum atomic E-state index is -4.35. The number of rotatable bonds is 2. The van der Waals surface area contributed by atoms with E-state index in [1.165, 1.54) is 18.6 Å². The molecule has 1 aromatic carbocycles. The second-order valence-electron chi connectivity index (χ2n) is 7.57. The third-order valence-electron chi connectivity index (χ3n) is 5.80. The topological polar surface area (TPSA) is 33.6 Å². The molecule has 6 heteroatoms. The lowest BCUT2D eigenvalue weighted by Crippen LogP contribution is -2.14. The Balaban J connectivity index is 1.79. The van der Waals surface area contributed by atoms with Crippen molar-refractivity contribution < 1.29 is 13.2 Å². The molecule has 1 N–H and O–H groups in total. The fourth-order valence-corrected chi connectivity index (χ4v) is 4.52. The molecule has 0 aliphatic heterocycles. The molecule has 0 saturated heterocycles. The molecule has 1 aliphatic rings. The summed E-state index contributed by atoms with van der Waals surface area (Å²) in [7, 11) is 0. The first-order chi connectivity index (χ1) is 13.5. The molecule has 5 rings (SSSR count). The Morgan fingerprint density at radius 1 is 1.04 bits per heavy atom. The first-order valence-corrected chi connectivity index (χ1v) is 9.67. The lowest BCUT2D eigenvalue weighted by molar-refractivity contribution is -0.137. The van der Waals surface area contributed by atoms with Crippen molar-refractivity contribution in [1.82, 2.24) is 14.5 Å². The second-order valence-corrected chi connectivity index (χ2v) is 7.57. The normalized spacial score (nSPS) is 16.2. The third kappa shape index (κ3) is 2.79. The summed E-state index contributed by atoms with van der Waals surface area (Å²) < 4.78 is 42.1. The Labute approximate surface area is 160 Å². The summed E-state index contributed by atoms with van der Waals surface area (Å²) in [5, 5.41) is 1.98. The van der Waals surface area contributed by atoms with Crippen LogP contribution >= 0.6 is 0 Å². The average molecular weight is 383 g/mol. The first kappa shape index (κ1) is 17.3. The summed E-state index contributed by atoms with van der Waals surface area (Å²) in [6.45, 7) is 0. The van der Waals surface area contributed by atoms with Crippen molar-refractivity contribution in [1.29, 1.82) is 0 Å². The van der Waals surface area contributed by atoms with Crippen LogP contribution < -0.4 is 0 Å². The lowest BCUT2D eigenvalue weighted by atomic mass is 9.94. The van der Waals surface area contributed by atoms with E-state index in [0.29, 0.717) is 5.56 Å². The number of halogens is 3. The molecule has 0 bridgehead atoms. The SMILES string of the molecule is FC(F)(F)c1cccc(-c2cc3cnc4[nH]ccc4c3n2C2CCCCC2)c1. The molecule has 28 heavy (non-hydrogen) atoms. The number of aromatic nitrogens is 3. The van der Waals surface area contributed by atoms with Crippen LogP contribution in [0.3, 0.4) is 0 Å². The molecule has 4 aromatic rings. The predicted molar refractivity (Wildman–Crippen MR) is 104 cm³/mol. The molecule has 0 radical (unpaired) electrons. The minimum absolute atomic E-state index is 0.288. The van der Waals surface area contributed by atoms with E-state index in [0.717, 1.165) is 59.4 Å². The molecule has 0 unspecified atom stereocenters. The molecule has 144 valence electrons. The summed E-state index contributed by atoms with van der Waals surface area (Å²) in [4.78, 5) is 7.62. The summed E-state index contributed by atoms with van der Waals surface area (Å²) in [6.07, 6.45) is 4.92. The van der Waals surface area contributed by atoms with Gasteiger partial charge in [-0.3, -0.25) is 0 Å². The highest BCUT2D eigenvalue weighted by molar-refractivity contribution is 6.05. The molecule has 0 amide bonds. The van der Waals surface area contributed by atoms with E-state index in [9.17, 15) is 13.2 Å². The summed E-state index contributed by atoms with van der Waals surface area (Å²) in [6, 6.07) is 9.92. The zero-order chi connectivity index (χ0) is 19.3. The van der Waals surface area contributed by atoms with E-state index < -0.39 is 11.7 Å². The van der Waals surface area contributed by atoms with E-state index in [1.807, 2.05) is 24.5 Å². The average Bonchev–Trinajstić information content (AvgIpc) is 3.32. The van der Waals surface area contributed by atoms with Crippen molar-refractivity contribution in [3.63, 3.8) is 0 Å². The van der Waals surface area contributed by atoms with Crippen LogP contribution in [0.1, 0.15) is 43.7 Å². The van der Waals surface area contributed by atoms with E-state index in [-0.39, 0.29) is 6.04 Å². The highest BCUT2D eigenvalue weighted by Crippen LogP contribution is 2.40. The molecule has 3 nitrogen and oxygen atoms in total. The van der Waals surface area contributed by atoms with Gasteiger partial charge in [0.2, 0.25) is 0 Å². The van der Waals surface area contributed by atoms with E-state index in [4.69, 9.17) is 0 Å². The van der Waals surface area contributed by atoms with Crippen molar-refractivity contribution in [2.75, 3.05) is 0 Å². The Morgan fingerprint density at radius 3 is 2.64 bits per heavy atom. The van der Waals surface area contributed by atoms with Gasteiger partial charge in [0, 0.05) is 34.9 Å². The second kappa shape index (κ2) is 6.40. The van der Waals surface area contributed by atoms with Gasteiger partial charge >= 0.3 is 6.18 Å². The van der Waals surface area contributed by atoms with Gasteiger partial charge in [-0.1, -0.05) is 31.4 Å². The van der Waals surface area contributed by atoms with Crippen molar-refractivity contribution in [2.24, 2.45) is 0 Å². The number of fused-ring (bicyclic) bond motifs is 3. The zero-order valence-corrected chi connectivity index (χ0v) is 15.3. The summed E-state index contributed by atoms with van der Waals surface area (Å²) >= 11 is 0. The van der Waals surface area contributed by atoms with E-state index >= 15 is 0 Å². The first-order valence-electron chi connectivity index (χ1n) is 9.67. The van der Waals surface area contributed by atoms with Crippen LogP contribution in [0.25, 0.3) is 33.2 Å². The molecule has 3 heterocycles. The van der Waals surface area contributed by atoms with Crippen molar-refractivity contribution in [3.05, 3.63) is 54.4 Å². The maximum absolute atomic E-state index is 13.3. The van der Waals surface area contributed by atoms with E-state index in [2.05, 4.69) is 14.5 Å². The number of benzene rings is 1. The summed E-state index contributed by atoms with van der Waals surface area (Å²) in [5.41, 5.74) is 2.68. The van der Waals surface area contributed by atoms with Gasteiger partial charge < -0.3 is 9.55 Å². The van der Waals surface area contributed by atoms with Crippen LogP contribution in [-0.4, -0.2) is 14.5 Å². The largest absolute Gasteiger partial charge is 0.416 e. The predicted octanol–water partition coefficient (Wildman–Crippen LogP) is 6.71. The maximum atomic E-state index is 13.3. The quantitative estimate of drug-likeness (QED) is 0.410. The molecule has 1 saturated carbocycles. The van der Waals surface area contributed by atoms with Gasteiger partial charge in [0.15, 0.2) is 0 Å². The van der Waals surface area contributed by atoms with Gasteiger partial charge in [0.05, 0.1) is 11.1 Å². The molecular weight excluding hydrogens is 363 g/mol.